The lowest BCUT2D eigenvalue weighted by Crippen LogP contribution is -2.23. The molecule has 3 nitrogen and oxygen atoms in total. The van der Waals surface area contributed by atoms with E-state index in [1.807, 2.05) is 30.3 Å². The molecule has 0 amide bonds. The van der Waals surface area contributed by atoms with Crippen LogP contribution in [0.25, 0.3) is 0 Å². The molecule has 1 heterocycles. The highest BCUT2D eigenvalue weighted by atomic mass is 32.2. The van der Waals surface area contributed by atoms with Crippen LogP contribution in [0.3, 0.4) is 0 Å². The van der Waals surface area contributed by atoms with Crippen molar-refractivity contribution in [3.8, 4) is 0 Å². The van der Waals surface area contributed by atoms with Gasteiger partial charge in [0.15, 0.2) is 5.16 Å². The van der Waals surface area contributed by atoms with Gasteiger partial charge in [0.1, 0.15) is 0 Å². The van der Waals surface area contributed by atoms with Gasteiger partial charge in [-0.3, -0.25) is 0 Å². The fourth-order valence-electron chi connectivity index (χ4n) is 5.18. The Kier molecular flexibility index (Phi) is 5.15. The molecule has 2 aromatic rings. The summed E-state index contributed by atoms with van der Waals surface area (Å²) < 4.78 is 2.46. The monoisotopic (exact) mass is 370 g/mol. The Morgan fingerprint density at radius 1 is 1.19 bits per heavy atom. The molecule has 0 spiro atoms. The van der Waals surface area contributed by atoms with Crippen molar-refractivity contribution in [2.45, 2.75) is 63.8 Å². The Morgan fingerprint density at radius 3 is 2.62 bits per heavy atom. The third kappa shape index (κ3) is 3.34. The Morgan fingerprint density at radius 2 is 1.96 bits per heavy atom. The summed E-state index contributed by atoms with van der Waals surface area (Å²) in [4.78, 5) is 4.85. The minimum atomic E-state index is -0.454. The highest BCUT2D eigenvalue weighted by molar-refractivity contribution is 7.99. The second-order valence-corrected chi connectivity index (χ2v) is 9.24. The minimum absolute atomic E-state index is 0.454. The first-order valence-corrected chi connectivity index (χ1v) is 10.9. The molecule has 26 heavy (non-hydrogen) atoms. The highest BCUT2D eigenvalue weighted by Crippen LogP contribution is 2.52. The van der Waals surface area contributed by atoms with Crippen LogP contribution in [0.1, 0.15) is 61.7 Å². The SMILES string of the molecule is Cc1nc(SCC(O)c2ccccc2)n(C(C)C2CC3CCC2C3)c1C. The topological polar surface area (TPSA) is 38.1 Å². The standard InChI is InChI=1S/C22H30N2OS/c1-14-15(2)24(16(3)20-12-17-9-10-19(20)11-17)22(23-14)26-13-21(25)18-7-5-4-6-8-18/h4-8,16-17,19-21,25H,9-13H2,1-3H3. The van der Waals surface area contributed by atoms with Crippen LogP contribution in [0.2, 0.25) is 0 Å². The summed E-state index contributed by atoms with van der Waals surface area (Å²) in [6.07, 6.45) is 5.24. The fourth-order valence-corrected chi connectivity index (χ4v) is 6.32. The zero-order valence-electron chi connectivity index (χ0n) is 16.1. The van der Waals surface area contributed by atoms with E-state index in [2.05, 4.69) is 25.3 Å². The Labute approximate surface area is 161 Å². The normalized spacial score (nSPS) is 27.0. The van der Waals surface area contributed by atoms with E-state index in [-0.39, 0.29) is 0 Å². The van der Waals surface area contributed by atoms with Crippen molar-refractivity contribution in [1.29, 1.82) is 0 Å². The first-order valence-electron chi connectivity index (χ1n) is 9.95. The Bertz CT molecular complexity index is 757. The Balaban J connectivity index is 1.51. The van der Waals surface area contributed by atoms with Gasteiger partial charge in [0, 0.05) is 17.5 Å². The van der Waals surface area contributed by atoms with Crippen LogP contribution in [0, 0.1) is 31.6 Å². The van der Waals surface area contributed by atoms with E-state index in [9.17, 15) is 5.11 Å². The molecule has 1 aromatic heterocycles. The number of aliphatic hydroxyl groups excluding tert-OH is 1. The molecule has 5 atom stereocenters. The quantitative estimate of drug-likeness (QED) is 0.699. The van der Waals surface area contributed by atoms with Gasteiger partial charge in [-0.2, -0.15) is 0 Å². The number of thioether (sulfide) groups is 1. The molecule has 4 heteroatoms. The average Bonchev–Trinajstić information content (AvgIpc) is 3.35. The van der Waals surface area contributed by atoms with E-state index in [1.54, 1.807) is 11.8 Å². The first kappa shape index (κ1) is 18.1. The lowest BCUT2D eigenvalue weighted by Gasteiger charge is -2.30. The molecule has 2 aliphatic rings. The van der Waals surface area contributed by atoms with Crippen LogP contribution in [0.15, 0.2) is 35.5 Å². The zero-order chi connectivity index (χ0) is 18.3. The number of imidazole rings is 1. The van der Waals surface area contributed by atoms with Gasteiger partial charge in [0.05, 0.1) is 11.8 Å². The summed E-state index contributed by atoms with van der Waals surface area (Å²) in [7, 11) is 0. The summed E-state index contributed by atoms with van der Waals surface area (Å²) in [6.45, 7) is 6.69. The van der Waals surface area contributed by atoms with Crippen LogP contribution in [-0.2, 0) is 0 Å². The van der Waals surface area contributed by atoms with Crippen molar-refractivity contribution in [2.75, 3.05) is 5.75 Å². The van der Waals surface area contributed by atoms with Crippen LogP contribution in [0.4, 0.5) is 0 Å². The molecule has 4 rings (SSSR count). The van der Waals surface area contributed by atoms with Gasteiger partial charge in [-0.1, -0.05) is 48.5 Å². The van der Waals surface area contributed by atoms with Crippen LogP contribution >= 0.6 is 11.8 Å². The second kappa shape index (κ2) is 7.40. The van der Waals surface area contributed by atoms with Crippen molar-refractivity contribution in [3.05, 3.63) is 47.3 Å². The molecule has 2 aliphatic carbocycles. The van der Waals surface area contributed by atoms with E-state index in [4.69, 9.17) is 4.98 Å². The molecule has 0 saturated heterocycles. The predicted octanol–water partition coefficient (Wildman–Crippen LogP) is 5.32. The lowest BCUT2D eigenvalue weighted by atomic mass is 9.84. The van der Waals surface area contributed by atoms with Crippen molar-refractivity contribution in [3.63, 3.8) is 0 Å². The highest BCUT2D eigenvalue weighted by Gasteiger charge is 2.43. The maximum absolute atomic E-state index is 10.5. The number of hydrogen-bond acceptors (Lipinski definition) is 3. The minimum Gasteiger partial charge on any atom is -0.388 e. The average molecular weight is 371 g/mol. The molecular formula is C22H30N2OS. The number of aliphatic hydroxyl groups is 1. The molecule has 140 valence electrons. The second-order valence-electron chi connectivity index (χ2n) is 8.25. The summed E-state index contributed by atoms with van der Waals surface area (Å²) >= 11 is 1.69. The van der Waals surface area contributed by atoms with Gasteiger partial charge in [-0.15, -0.1) is 0 Å². The third-order valence-electron chi connectivity index (χ3n) is 6.73. The van der Waals surface area contributed by atoms with Crippen molar-refractivity contribution in [2.24, 2.45) is 17.8 Å². The summed E-state index contributed by atoms with van der Waals surface area (Å²) in [6, 6.07) is 10.4. The van der Waals surface area contributed by atoms with E-state index in [1.165, 1.54) is 31.4 Å². The first-order chi connectivity index (χ1) is 12.5. The van der Waals surface area contributed by atoms with Crippen molar-refractivity contribution < 1.29 is 5.11 Å². The fraction of sp³-hybridized carbons (Fsp3) is 0.591. The van der Waals surface area contributed by atoms with Gasteiger partial charge in [-0.25, -0.2) is 4.98 Å². The van der Waals surface area contributed by atoms with Crippen LogP contribution in [0.5, 0.6) is 0 Å². The maximum Gasteiger partial charge on any atom is 0.168 e. The predicted molar refractivity (Wildman–Crippen MR) is 107 cm³/mol. The number of rotatable bonds is 6. The number of benzene rings is 1. The third-order valence-corrected chi connectivity index (χ3v) is 7.76. The van der Waals surface area contributed by atoms with Crippen LogP contribution < -0.4 is 0 Å². The summed E-state index contributed by atoms with van der Waals surface area (Å²) in [5.74, 6) is 3.31. The molecule has 2 bridgehead atoms. The molecule has 1 N–H and O–H groups in total. The Hall–Kier alpha value is -1.26. The number of aryl methyl sites for hydroxylation is 1. The smallest absolute Gasteiger partial charge is 0.168 e. The number of fused-ring (bicyclic) bond motifs is 2. The van der Waals surface area contributed by atoms with Gasteiger partial charge >= 0.3 is 0 Å². The zero-order valence-corrected chi connectivity index (χ0v) is 16.9. The van der Waals surface area contributed by atoms with E-state index in [0.717, 1.165) is 34.2 Å². The molecule has 0 radical (unpaired) electrons. The molecule has 1 aromatic carbocycles. The molecule has 5 unspecified atom stereocenters. The number of aromatic nitrogens is 2. The molecule has 2 fully saturated rings. The maximum atomic E-state index is 10.5. The van der Waals surface area contributed by atoms with Gasteiger partial charge < -0.3 is 9.67 Å². The summed E-state index contributed by atoms with van der Waals surface area (Å²) in [5, 5.41) is 11.6. The van der Waals surface area contributed by atoms with Gasteiger partial charge in [0.2, 0.25) is 0 Å². The van der Waals surface area contributed by atoms with E-state index >= 15 is 0 Å². The van der Waals surface area contributed by atoms with E-state index in [0.29, 0.717) is 11.8 Å². The molecular weight excluding hydrogens is 340 g/mol. The van der Waals surface area contributed by atoms with Gasteiger partial charge in [-0.05, 0) is 63.4 Å². The van der Waals surface area contributed by atoms with E-state index < -0.39 is 6.10 Å². The molecule has 0 aliphatic heterocycles. The van der Waals surface area contributed by atoms with Crippen molar-refractivity contribution in [1.82, 2.24) is 9.55 Å². The number of hydrogen-bond donors (Lipinski definition) is 1. The molecule has 2 saturated carbocycles. The van der Waals surface area contributed by atoms with Crippen LogP contribution in [-0.4, -0.2) is 20.4 Å². The number of nitrogens with zero attached hydrogens (tertiary/aromatic N) is 2. The summed E-state index contributed by atoms with van der Waals surface area (Å²) in [5.41, 5.74) is 3.39. The van der Waals surface area contributed by atoms with Crippen molar-refractivity contribution >= 4 is 11.8 Å². The largest absolute Gasteiger partial charge is 0.388 e. The van der Waals surface area contributed by atoms with Gasteiger partial charge in [0.25, 0.3) is 0 Å². The lowest BCUT2D eigenvalue weighted by molar-refractivity contribution is 0.203.